The van der Waals surface area contributed by atoms with Crippen LogP contribution >= 0.6 is 35.3 Å². The lowest BCUT2D eigenvalue weighted by molar-refractivity contribution is -0.0447. The normalized spacial score (nSPS) is 19.3. The molecule has 0 amide bonds. The molecule has 1 aromatic rings. The molecular formula is C13H23IN4O2S. The third-order valence-electron chi connectivity index (χ3n) is 3.09. The summed E-state index contributed by atoms with van der Waals surface area (Å²) in [6, 6.07) is 0. The predicted molar refractivity (Wildman–Crippen MR) is 95.7 cm³/mol. The number of hydrogen-bond donors (Lipinski definition) is 1. The maximum Gasteiger partial charge on any atom is 0.194 e. The summed E-state index contributed by atoms with van der Waals surface area (Å²) in [7, 11) is 3.50. The molecule has 8 heteroatoms. The Kier molecular flexibility index (Phi) is 8.45. The summed E-state index contributed by atoms with van der Waals surface area (Å²) in [6.45, 7) is 5.73. The minimum atomic E-state index is 0. The largest absolute Gasteiger partial charge is 0.382 e. The van der Waals surface area contributed by atoms with Crippen LogP contribution in [0.4, 0.5) is 0 Å². The molecule has 1 saturated heterocycles. The van der Waals surface area contributed by atoms with Gasteiger partial charge in [-0.15, -0.1) is 35.3 Å². The summed E-state index contributed by atoms with van der Waals surface area (Å²) >= 11 is 1.70. The van der Waals surface area contributed by atoms with Crippen molar-refractivity contribution >= 4 is 41.3 Å². The number of methoxy groups -OCH3 is 1. The van der Waals surface area contributed by atoms with E-state index >= 15 is 0 Å². The van der Waals surface area contributed by atoms with Crippen LogP contribution in [0.1, 0.15) is 9.88 Å². The Balaban J connectivity index is 0.00000220. The fourth-order valence-electron chi connectivity index (χ4n) is 2.18. The van der Waals surface area contributed by atoms with Gasteiger partial charge in [0.15, 0.2) is 5.96 Å². The van der Waals surface area contributed by atoms with Gasteiger partial charge in [-0.25, -0.2) is 4.98 Å². The molecule has 0 radical (unpaired) electrons. The van der Waals surface area contributed by atoms with Crippen LogP contribution in [0, 0.1) is 6.92 Å². The van der Waals surface area contributed by atoms with Gasteiger partial charge in [-0.05, 0) is 6.92 Å². The van der Waals surface area contributed by atoms with E-state index < -0.39 is 0 Å². The van der Waals surface area contributed by atoms with Crippen LogP contribution in [0.3, 0.4) is 0 Å². The molecule has 0 aromatic carbocycles. The number of nitrogens with zero attached hydrogens (tertiary/aromatic N) is 3. The Labute approximate surface area is 147 Å². The molecule has 1 aliphatic heterocycles. The molecule has 1 aromatic heterocycles. The second-order valence-corrected chi connectivity index (χ2v) is 5.96. The lowest BCUT2D eigenvalue weighted by Gasteiger charge is -2.34. The lowest BCUT2D eigenvalue weighted by atomic mass is 10.3. The third-order valence-corrected chi connectivity index (χ3v) is 4.01. The van der Waals surface area contributed by atoms with Crippen molar-refractivity contribution in [3.63, 3.8) is 0 Å². The Morgan fingerprint density at radius 1 is 1.67 bits per heavy atom. The highest BCUT2D eigenvalue weighted by molar-refractivity contribution is 14.0. The first kappa shape index (κ1) is 18.6. The van der Waals surface area contributed by atoms with E-state index in [0.29, 0.717) is 13.2 Å². The molecule has 1 unspecified atom stereocenters. The number of aliphatic imine (C=N–C) groups is 1. The van der Waals surface area contributed by atoms with E-state index in [2.05, 4.69) is 20.2 Å². The second kappa shape index (κ2) is 9.54. The number of thiazole rings is 1. The van der Waals surface area contributed by atoms with Crippen molar-refractivity contribution in [3.05, 3.63) is 16.1 Å². The molecule has 1 fully saturated rings. The van der Waals surface area contributed by atoms with Crippen molar-refractivity contribution in [2.24, 2.45) is 4.99 Å². The van der Waals surface area contributed by atoms with Crippen LogP contribution < -0.4 is 5.32 Å². The summed E-state index contributed by atoms with van der Waals surface area (Å²) in [5.41, 5.74) is 0. The number of rotatable bonds is 4. The average molecular weight is 426 g/mol. The van der Waals surface area contributed by atoms with Crippen LogP contribution in [0.25, 0.3) is 0 Å². The van der Waals surface area contributed by atoms with Gasteiger partial charge in [-0.3, -0.25) is 4.99 Å². The minimum Gasteiger partial charge on any atom is -0.382 e. The zero-order valence-corrected chi connectivity index (χ0v) is 15.8. The highest BCUT2D eigenvalue weighted by atomic mass is 127. The monoisotopic (exact) mass is 426 g/mol. The van der Waals surface area contributed by atoms with E-state index in [9.17, 15) is 0 Å². The zero-order valence-electron chi connectivity index (χ0n) is 12.7. The van der Waals surface area contributed by atoms with Crippen molar-refractivity contribution < 1.29 is 9.47 Å². The molecular weight excluding hydrogens is 403 g/mol. The third kappa shape index (κ3) is 5.68. The summed E-state index contributed by atoms with van der Waals surface area (Å²) in [6.07, 6.45) is 2.02. The predicted octanol–water partition coefficient (Wildman–Crippen LogP) is 1.49. The smallest absolute Gasteiger partial charge is 0.194 e. The minimum absolute atomic E-state index is 0. The van der Waals surface area contributed by atoms with Gasteiger partial charge >= 0.3 is 0 Å². The first-order valence-electron chi connectivity index (χ1n) is 6.70. The first-order chi connectivity index (χ1) is 9.72. The topological polar surface area (TPSA) is 59.0 Å². The number of halogens is 1. The second-order valence-electron chi connectivity index (χ2n) is 4.64. The van der Waals surface area contributed by atoms with Gasteiger partial charge in [0.25, 0.3) is 0 Å². The first-order valence-corrected chi connectivity index (χ1v) is 7.52. The summed E-state index contributed by atoms with van der Waals surface area (Å²) in [5, 5.41) is 4.47. The SMILES string of the molecule is CN=C(NCc1cnc(C)s1)N1CCOC(COC)C1.I. The molecule has 120 valence electrons. The number of nitrogens with one attached hydrogen (secondary N) is 1. The maximum atomic E-state index is 5.65. The highest BCUT2D eigenvalue weighted by Crippen LogP contribution is 2.11. The molecule has 0 spiro atoms. The van der Waals surface area contributed by atoms with Crippen LogP contribution in [0.15, 0.2) is 11.2 Å². The number of ether oxygens (including phenoxy) is 2. The van der Waals surface area contributed by atoms with Crippen LogP contribution in [-0.4, -0.2) is 62.4 Å². The average Bonchev–Trinajstić information content (AvgIpc) is 2.86. The number of aromatic nitrogens is 1. The van der Waals surface area contributed by atoms with E-state index in [1.165, 1.54) is 4.88 Å². The van der Waals surface area contributed by atoms with Gasteiger partial charge in [0, 0.05) is 38.3 Å². The molecule has 0 saturated carbocycles. The molecule has 1 N–H and O–H groups in total. The van der Waals surface area contributed by atoms with Crippen molar-refractivity contribution in [2.75, 3.05) is 40.5 Å². The lowest BCUT2D eigenvalue weighted by Crippen LogP contribution is -2.51. The van der Waals surface area contributed by atoms with Gasteiger partial charge in [-0.2, -0.15) is 0 Å². The number of hydrogen-bond acceptors (Lipinski definition) is 5. The molecule has 21 heavy (non-hydrogen) atoms. The fourth-order valence-corrected chi connectivity index (χ4v) is 2.92. The molecule has 2 heterocycles. The van der Waals surface area contributed by atoms with Crippen LogP contribution in [0.5, 0.6) is 0 Å². The van der Waals surface area contributed by atoms with Gasteiger partial charge in [0.05, 0.1) is 30.9 Å². The van der Waals surface area contributed by atoms with E-state index in [-0.39, 0.29) is 30.1 Å². The fraction of sp³-hybridized carbons (Fsp3) is 0.692. The quantitative estimate of drug-likeness (QED) is 0.449. The van der Waals surface area contributed by atoms with Crippen molar-refractivity contribution in [1.29, 1.82) is 0 Å². The summed E-state index contributed by atoms with van der Waals surface area (Å²) < 4.78 is 10.8. The van der Waals surface area contributed by atoms with Gasteiger partial charge in [0.1, 0.15) is 0 Å². The van der Waals surface area contributed by atoms with E-state index in [1.807, 2.05) is 13.1 Å². The Hall–Kier alpha value is -0.450. The van der Waals surface area contributed by atoms with E-state index in [1.54, 1.807) is 25.5 Å². The van der Waals surface area contributed by atoms with Gasteiger partial charge < -0.3 is 19.7 Å². The standard InChI is InChI=1S/C13H22N4O2S.HI/c1-10-15-6-12(20-10)7-16-13(14-2)17-4-5-19-11(8-17)9-18-3;/h6,11H,4-5,7-9H2,1-3H3,(H,14,16);1H. The van der Waals surface area contributed by atoms with E-state index in [4.69, 9.17) is 9.47 Å². The molecule has 6 nitrogen and oxygen atoms in total. The van der Waals surface area contributed by atoms with Crippen LogP contribution in [-0.2, 0) is 16.0 Å². The maximum absolute atomic E-state index is 5.65. The molecule has 0 bridgehead atoms. The Morgan fingerprint density at radius 3 is 3.10 bits per heavy atom. The molecule has 0 aliphatic carbocycles. The number of guanidine groups is 1. The van der Waals surface area contributed by atoms with Crippen LogP contribution in [0.2, 0.25) is 0 Å². The summed E-state index contributed by atoms with van der Waals surface area (Å²) in [4.78, 5) is 12.0. The van der Waals surface area contributed by atoms with E-state index in [0.717, 1.165) is 30.6 Å². The summed E-state index contributed by atoms with van der Waals surface area (Å²) in [5.74, 6) is 0.903. The van der Waals surface area contributed by atoms with Crippen molar-refractivity contribution in [3.8, 4) is 0 Å². The van der Waals surface area contributed by atoms with Gasteiger partial charge in [0.2, 0.25) is 0 Å². The number of aryl methyl sites for hydroxylation is 1. The number of morpholine rings is 1. The molecule has 1 aliphatic rings. The molecule has 1 atom stereocenters. The zero-order chi connectivity index (χ0) is 14.4. The Morgan fingerprint density at radius 2 is 2.48 bits per heavy atom. The van der Waals surface area contributed by atoms with Crippen molar-refractivity contribution in [2.45, 2.75) is 19.6 Å². The molecule has 2 rings (SSSR count). The van der Waals surface area contributed by atoms with Gasteiger partial charge in [-0.1, -0.05) is 0 Å². The highest BCUT2D eigenvalue weighted by Gasteiger charge is 2.22. The Bertz CT molecular complexity index is 453. The van der Waals surface area contributed by atoms with Crippen molar-refractivity contribution in [1.82, 2.24) is 15.2 Å².